The zero-order valence-corrected chi connectivity index (χ0v) is 18.5. The van der Waals surface area contributed by atoms with Crippen LogP contribution in [0, 0.1) is 6.92 Å². The molecule has 1 aliphatic rings. The van der Waals surface area contributed by atoms with Gasteiger partial charge in [-0.15, -0.1) is 0 Å². The van der Waals surface area contributed by atoms with E-state index in [-0.39, 0.29) is 11.0 Å². The van der Waals surface area contributed by atoms with Gasteiger partial charge in [0.05, 0.1) is 23.3 Å². The molecule has 0 bridgehead atoms. The molecule has 3 rings (SSSR count). The standard InChI is InChI=1S/C22H31N3O3S/c1-16-5-8-21(29(26,27)25-22(2,3)4)20(13-16)17-6-7-18(24-14-17)15-28-19-9-11-23-12-10-19/h5-8,13-14,19,23,25H,9-12,15H2,1-4H3. The van der Waals surface area contributed by atoms with Gasteiger partial charge in [-0.3, -0.25) is 4.98 Å². The van der Waals surface area contributed by atoms with Gasteiger partial charge in [-0.2, -0.15) is 0 Å². The van der Waals surface area contributed by atoms with Gasteiger partial charge in [0, 0.05) is 22.9 Å². The van der Waals surface area contributed by atoms with Gasteiger partial charge in [0.25, 0.3) is 0 Å². The second-order valence-electron chi connectivity index (χ2n) is 8.65. The second-order valence-corrected chi connectivity index (χ2v) is 10.3. The zero-order chi connectivity index (χ0) is 21.1. The first-order chi connectivity index (χ1) is 13.6. The largest absolute Gasteiger partial charge is 0.372 e. The Kier molecular flexibility index (Phi) is 6.73. The van der Waals surface area contributed by atoms with Crippen molar-refractivity contribution >= 4 is 10.0 Å². The number of pyridine rings is 1. The maximum atomic E-state index is 12.9. The van der Waals surface area contributed by atoms with Gasteiger partial charge >= 0.3 is 0 Å². The molecule has 7 heteroatoms. The van der Waals surface area contributed by atoms with Crippen molar-refractivity contribution in [2.75, 3.05) is 13.1 Å². The maximum Gasteiger partial charge on any atom is 0.241 e. The Hall–Kier alpha value is -1.80. The lowest BCUT2D eigenvalue weighted by Crippen LogP contribution is -2.40. The molecule has 2 N–H and O–H groups in total. The Morgan fingerprint density at radius 1 is 1.17 bits per heavy atom. The normalized spacial score (nSPS) is 16.1. The number of piperidine rings is 1. The monoisotopic (exact) mass is 417 g/mol. The van der Waals surface area contributed by atoms with Crippen LogP contribution in [-0.4, -0.2) is 38.1 Å². The molecule has 0 unspecified atom stereocenters. The van der Waals surface area contributed by atoms with Crippen LogP contribution in [0.4, 0.5) is 0 Å². The van der Waals surface area contributed by atoms with E-state index in [2.05, 4.69) is 15.0 Å². The minimum atomic E-state index is -3.66. The highest BCUT2D eigenvalue weighted by atomic mass is 32.2. The van der Waals surface area contributed by atoms with Gasteiger partial charge in [0.2, 0.25) is 10.0 Å². The summed E-state index contributed by atoms with van der Waals surface area (Å²) in [7, 11) is -3.66. The number of ether oxygens (including phenoxy) is 1. The third kappa shape index (κ3) is 6.09. The minimum absolute atomic E-state index is 0.263. The SMILES string of the molecule is Cc1ccc(S(=O)(=O)NC(C)(C)C)c(-c2ccc(COC3CCNCC3)nc2)c1. The smallest absolute Gasteiger partial charge is 0.241 e. The highest BCUT2D eigenvalue weighted by molar-refractivity contribution is 7.89. The van der Waals surface area contributed by atoms with Crippen molar-refractivity contribution in [3.05, 3.63) is 47.8 Å². The van der Waals surface area contributed by atoms with E-state index in [9.17, 15) is 8.42 Å². The average Bonchev–Trinajstić information content (AvgIpc) is 2.65. The molecular weight excluding hydrogens is 386 g/mol. The topological polar surface area (TPSA) is 80.3 Å². The minimum Gasteiger partial charge on any atom is -0.372 e. The van der Waals surface area contributed by atoms with Crippen molar-refractivity contribution in [2.45, 2.75) is 63.7 Å². The highest BCUT2D eigenvalue weighted by Crippen LogP contribution is 2.29. The molecule has 1 aromatic heterocycles. The van der Waals surface area contributed by atoms with Gasteiger partial charge in [-0.05, 0) is 65.8 Å². The summed E-state index contributed by atoms with van der Waals surface area (Å²) in [5, 5.41) is 3.32. The number of nitrogens with zero attached hydrogens (tertiary/aromatic N) is 1. The molecular formula is C22H31N3O3S. The Morgan fingerprint density at radius 2 is 1.90 bits per heavy atom. The molecule has 6 nitrogen and oxygen atoms in total. The van der Waals surface area contributed by atoms with Crippen molar-refractivity contribution in [3.63, 3.8) is 0 Å². The van der Waals surface area contributed by atoms with Crippen molar-refractivity contribution in [1.82, 2.24) is 15.0 Å². The van der Waals surface area contributed by atoms with Crippen LogP contribution in [0.25, 0.3) is 11.1 Å². The summed E-state index contributed by atoms with van der Waals surface area (Å²) in [5.41, 5.74) is 2.70. The van der Waals surface area contributed by atoms with Crippen LogP contribution < -0.4 is 10.0 Å². The van der Waals surface area contributed by atoms with Crippen LogP contribution in [0.15, 0.2) is 41.4 Å². The van der Waals surface area contributed by atoms with Crippen LogP contribution in [0.2, 0.25) is 0 Å². The molecule has 2 aromatic rings. The summed E-state index contributed by atoms with van der Waals surface area (Å²) in [6.45, 7) is 9.89. The lowest BCUT2D eigenvalue weighted by atomic mass is 10.0. The van der Waals surface area contributed by atoms with E-state index in [1.165, 1.54) is 0 Å². The van der Waals surface area contributed by atoms with E-state index >= 15 is 0 Å². The van der Waals surface area contributed by atoms with Gasteiger partial charge in [0.1, 0.15) is 0 Å². The van der Waals surface area contributed by atoms with E-state index in [0.29, 0.717) is 12.2 Å². The molecule has 0 atom stereocenters. The fourth-order valence-electron chi connectivity index (χ4n) is 3.40. The summed E-state index contributed by atoms with van der Waals surface area (Å²) in [6, 6.07) is 9.19. The van der Waals surface area contributed by atoms with E-state index in [4.69, 9.17) is 4.74 Å². The Labute approximate surface area is 174 Å². The first kappa shape index (κ1) is 21.9. The summed E-state index contributed by atoms with van der Waals surface area (Å²) in [6.07, 6.45) is 4.04. The third-order valence-corrected chi connectivity index (χ3v) is 6.57. The van der Waals surface area contributed by atoms with Gasteiger partial charge < -0.3 is 10.1 Å². The molecule has 29 heavy (non-hydrogen) atoms. The van der Waals surface area contributed by atoms with Crippen molar-refractivity contribution in [3.8, 4) is 11.1 Å². The molecule has 0 amide bonds. The Morgan fingerprint density at radius 3 is 2.52 bits per heavy atom. The molecule has 0 aliphatic carbocycles. The Bertz CT molecular complexity index is 929. The van der Waals surface area contributed by atoms with E-state index in [1.54, 1.807) is 12.3 Å². The summed E-state index contributed by atoms with van der Waals surface area (Å²) in [4.78, 5) is 4.77. The Balaban J connectivity index is 1.82. The molecule has 1 fully saturated rings. The van der Waals surface area contributed by atoms with Crippen LogP contribution in [0.3, 0.4) is 0 Å². The molecule has 158 valence electrons. The zero-order valence-electron chi connectivity index (χ0n) is 17.7. The molecule has 1 aliphatic heterocycles. The number of aryl methyl sites for hydroxylation is 1. The molecule has 1 saturated heterocycles. The lowest BCUT2D eigenvalue weighted by molar-refractivity contribution is 0.0196. The van der Waals surface area contributed by atoms with E-state index in [0.717, 1.165) is 42.8 Å². The number of benzene rings is 1. The van der Waals surface area contributed by atoms with Crippen molar-refractivity contribution in [2.24, 2.45) is 0 Å². The number of aromatic nitrogens is 1. The molecule has 1 aromatic carbocycles. The quantitative estimate of drug-likeness (QED) is 0.753. The summed E-state index contributed by atoms with van der Waals surface area (Å²) in [5.74, 6) is 0. The number of sulfonamides is 1. The predicted octanol–water partition coefficient (Wildman–Crippen LogP) is 3.40. The van der Waals surface area contributed by atoms with Crippen LogP contribution in [-0.2, 0) is 21.4 Å². The van der Waals surface area contributed by atoms with Gasteiger partial charge in [0.15, 0.2) is 0 Å². The van der Waals surface area contributed by atoms with Gasteiger partial charge in [-0.1, -0.05) is 23.8 Å². The number of hydrogen-bond donors (Lipinski definition) is 2. The summed E-state index contributed by atoms with van der Waals surface area (Å²) < 4.78 is 34.6. The number of hydrogen-bond acceptors (Lipinski definition) is 5. The van der Waals surface area contributed by atoms with E-state index < -0.39 is 15.6 Å². The predicted molar refractivity (Wildman–Crippen MR) is 115 cm³/mol. The fourth-order valence-corrected chi connectivity index (χ4v) is 5.03. The first-order valence-corrected chi connectivity index (χ1v) is 11.5. The molecule has 2 heterocycles. The fraction of sp³-hybridized carbons (Fsp3) is 0.500. The van der Waals surface area contributed by atoms with E-state index in [1.807, 2.05) is 52.0 Å². The lowest BCUT2D eigenvalue weighted by Gasteiger charge is -2.23. The van der Waals surface area contributed by atoms with Crippen molar-refractivity contribution in [1.29, 1.82) is 0 Å². The molecule has 0 spiro atoms. The second kappa shape index (κ2) is 8.92. The van der Waals surface area contributed by atoms with Gasteiger partial charge in [-0.25, -0.2) is 13.1 Å². The van der Waals surface area contributed by atoms with Crippen molar-refractivity contribution < 1.29 is 13.2 Å². The van der Waals surface area contributed by atoms with Crippen LogP contribution in [0.1, 0.15) is 44.9 Å². The number of rotatable bonds is 6. The third-order valence-electron chi connectivity index (χ3n) is 4.75. The number of nitrogens with one attached hydrogen (secondary N) is 2. The molecule has 0 radical (unpaired) electrons. The van der Waals surface area contributed by atoms with Crippen LogP contribution >= 0.6 is 0 Å². The highest BCUT2D eigenvalue weighted by Gasteiger charge is 2.25. The average molecular weight is 418 g/mol. The summed E-state index contributed by atoms with van der Waals surface area (Å²) >= 11 is 0. The maximum absolute atomic E-state index is 12.9. The van der Waals surface area contributed by atoms with Crippen LogP contribution in [0.5, 0.6) is 0 Å². The first-order valence-electron chi connectivity index (χ1n) is 10.1. The molecule has 0 saturated carbocycles.